The van der Waals surface area contributed by atoms with Crippen molar-refractivity contribution in [3.63, 3.8) is 0 Å². The monoisotopic (exact) mass is 315 g/mol. The molecule has 1 aromatic heterocycles. The Bertz CT molecular complexity index is 693. The van der Waals surface area contributed by atoms with Gasteiger partial charge in [-0.1, -0.05) is 31.2 Å². The van der Waals surface area contributed by atoms with E-state index in [1.165, 1.54) is 16.0 Å². The Morgan fingerprint density at radius 2 is 2.14 bits per heavy atom. The Kier molecular flexibility index (Phi) is 4.16. The van der Waals surface area contributed by atoms with Gasteiger partial charge in [0, 0.05) is 31.3 Å². The Morgan fingerprint density at radius 1 is 1.36 bits per heavy atom. The number of amides is 1. The molecule has 1 unspecified atom stereocenters. The molecule has 0 fully saturated rings. The highest BCUT2D eigenvalue weighted by molar-refractivity contribution is 7.15. The maximum Gasteiger partial charge on any atom is 0.221 e. The van der Waals surface area contributed by atoms with Crippen molar-refractivity contribution < 1.29 is 4.79 Å². The molecule has 1 aromatic carbocycles. The number of nitrogens with one attached hydrogen (secondary N) is 1. The summed E-state index contributed by atoms with van der Waals surface area (Å²) in [5.41, 5.74) is 3.58. The van der Waals surface area contributed by atoms with Gasteiger partial charge in [-0.05, 0) is 17.5 Å². The molecule has 0 saturated heterocycles. The zero-order chi connectivity index (χ0) is 15.7. The number of anilines is 1. The quantitative estimate of drug-likeness (QED) is 0.947. The topological polar surface area (TPSA) is 45.2 Å². The minimum Gasteiger partial charge on any atom is -0.354 e. The highest BCUT2D eigenvalue weighted by Gasteiger charge is 2.29. The van der Waals surface area contributed by atoms with E-state index in [0.717, 1.165) is 17.2 Å². The average molecular weight is 315 g/mol. The number of benzene rings is 1. The fraction of sp³-hybridized carbons (Fsp3) is 0.412. The number of hydrogen-bond acceptors (Lipinski definition) is 4. The van der Waals surface area contributed by atoms with Crippen molar-refractivity contribution in [2.75, 3.05) is 19.0 Å². The van der Waals surface area contributed by atoms with Gasteiger partial charge < -0.3 is 10.2 Å². The van der Waals surface area contributed by atoms with Crippen molar-refractivity contribution >= 4 is 22.4 Å². The fourth-order valence-corrected chi connectivity index (χ4v) is 4.04. The van der Waals surface area contributed by atoms with Crippen LogP contribution in [-0.4, -0.2) is 25.0 Å². The molecule has 1 amide bonds. The number of aryl methyl sites for hydroxylation is 1. The molecular weight excluding hydrogens is 294 g/mol. The third-order valence-electron chi connectivity index (χ3n) is 4.07. The van der Waals surface area contributed by atoms with Crippen LogP contribution in [0, 0.1) is 0 Å². The van der Waals surface area contributed by atoms with Gasteiger partial charge >= 0.3 is 0 Å². The summed E-state index contributed by atoms with van der Waals surface area (Å²) in [5.74, 6) is 0.215. The van der Waals surface area contributed by atoms with Crippen molar-refractivity contribution in [2.24, 2.45) is 0 Å². The summed E-state index contributed by atoms with van der Waals surface area (Å²) in [6.45, 7) is 2.69. The van der Waals surface area contributed by atoms with Crippen molar-refractivity contribution in [1.82, 2.24) is 10.3 Å². The van der Waals surface area contributed by atoms with E-state index in [1.807, 2.05) is 19.0 Å². The first kappa shape index (κ1) is 15.0. The van der Waals surface area contributed by atoms with Gasteiger partial charge in [0.05, 0.1) is 12.2 Å². The van der Waals surface area contributed by atoms with E-state index in [1.54, 1.807) is 11.3 Å². The highest BCUT2D eigenvalue weighted by atomic mass is 32.1. The Labute approximate surface area is 135 Å². The van der Waals surface area contributed by atoms with Crippen LogP contribution in [0.2, 0.25) is 0 Å². The van der Waals surface area contributed by atoms with Crippen LogP contribution in [0.1, 0.15) is 41.0 Å². The number of thiazole rings is 1. The normalized spacial score (nSPS) is 17.6. The van der Waals surface area contributed by atoms with Gasteiger partial charge in [0.25, 0.3) is 0 Å². The van der Waals surface area contributed by atoms with Crippen LogP contribution in [0.4, 0.5) is 5.13 Å². The zero-order valence-electron chi connectivity index (χ0n) is 13.2. The number of aromatic nitrogens is 1. The van der Waals surface area contributed by atoms with Crippen LogP contribution in [0.25, 0.3) is 0 Å². The first-order valence-electron chi connectivity index (χ1n) is 7.61. The van der Waals surface area contributed by atoms with E-state index in [-0.39, 0.29) is 11.8 Å². The van der Waals surface area contributed by atoms with Crippen molar-refractivity contribution in [2.45, 2.75) is 32.2 Å². The minimum atomic E-state index is 0.104. The first-order valence-corrected chi connectivity index (χ1v) is 8.43. The van der Waals surface area contributed by atoms with E-state index < -0.39 is 0 Å². The van der Waals surface area contributed by atoms with Gasteiger partial charge in [-0.2, -0.15) is 0 Å². The van der Waals surface area contributed by atoms with Gasteiger partial charge in [-0.15, -0.1) is 11.3 Å². The number of hydrogen-bond donors (Lipinski definition) is 1. The second-order valence-corrected chi connectivity index (χ2v) is 6.80. The highest BCUT2D eigenvalue weighted by Crippen LogP contribution is 2.39. The zero-order valence-corrected chi connectivity index (χ0v) is 14.0. The summed E-state index contributed by atoms with van der Waals surface area (Å²) in [6, 6.07) is 8.44. The third kappa shape index (κ3) is 2.73. The SMILES string of the molecule is CCc1ccccc1C1CC(=O)NCc2nc(N(C)C)sc21. The van der Waals surface area contributed by atoms with Crippen molar-refractivity contribution in [3.05, 3.63) is 46.0 Å². The molecule has 0 radical (unpaired) electrons. The molecule has 0 saturated carbocycles. The van der Waals surface area contributed by atoms with Crippen LogP contribution in [-0.2, 0) is 17.8 Å². The van der Waals surface area contributed by atoms with Crippen LogP contribution >= 0.6 is 11.3 Å². The molecular formula is C17H21N3OS. The largest absolute Gasteiger partial charge is 0.354 e. The maximum absolute atomic E-state index is 12.1. The lowest BCUT2D eigenvalue weighted by molar-refractivity contribution is -0.121. The van der Waals surface area contributed by atoms with E-state index in [4.69, 9.17) is 4.98 Å². The lowest BCUT2D eigenvalue weighted by Gasteiger charge is -2.17. The Hall–Kier alpha value is -1.88. The Morgan fingerprint density at radius 3 is 2.86 bits per heavy atom. The first-order chi connectivity index (χ1) is 10.6. The standard InChI is InChI=1S/C17H21N3OS/c1-4-11-7-5-6-8-12(11)13-9-15(21)18-10-14-16(13)22-17(19-14)20(2)3/h5-8,13H,4,9-10H2,1-3H3,(H,18,21). The molecule has 4 nitrogen and oxygen atoms in total. The van der Waals surface area contributed by atoms with Crippen molar-refractivity contribution in [1.29, 1.82) is 0 Å². The summed E-state index contributed by atoms with van der Waals surface area (Å²) < 4.78 is 0. The second kappa shape index (κ2) is 6.08. The van der Waals surface area contributed by atoms with Crippen LogP contribution in [0.5, 0.6) is 0 Å². The van der Waals surface area contributed by atoms with Gasteiger partial charge in [-0.3, -0.25) is 4.79 Å². The molecule has 22 heavy (non-hydrogen) atoms. The smallest absolute Gasteiger partial charge is 0.221 e. The molecule has 5 heteroatoms. The molecule has 1 aliphatic rings. The molecule has 0 aliphatic carbocycles. The summed E-state index contributed by atoms with van der Waals surface area (Å²) in [6.07, 6.45) is 1.47. The van der Waals surface area contributed by atoms with E-state index in [2.05, 4.69) is 36.5 Å². The summed E-state index contributed by atoms with van der Waals surface area (Å²) in [5, 5.41) is 3.98. The molecule has 2 aromatic rings. The van der Waals surface area contributed by atoms with Gasteiger partial charge in [-0.25, -0.2) is 4.98 Å². The third-order valence-corrected chi connectivity index (χ3v) is 5.45. The van der Waals surface area contributed by atoms with Crippen LogP contribution < -0.4 is 10.2 Å². The van der Waals surface area contributed by atoms with Crippen molar-refractivity contribution in [3.8, 4) is 0 Å². The van der Waals surface area contributed by atoms with Crippen LogP contribution in [0.15, 0.2) is 24.3 Å². The number of carbonyl (C=O) groups is 1. The number of fused-ring (bicyclic) bond motifs is 1. The predicted molar refractivity (Wildman–Crippen MR) is 90.6 cm³/mol. The van der Waals surface area contributed by atoms with E-state index >= 15 is 0 Å². The summed E-state index contributed by atoms with van der Waals surface area (Å²) in [7, 11) is 4.01. The number of carbonyl (C=O) groups excluding carboxylic acids is 1. The van der Waals surface area contributed by atoms with E-state index in [9.17, 15) is 4.79 Å². The number of rotatable bonds is 3. The lowest BCUT2D eigenvalue weighted by Crippen LogP contribution is -2.21. The van der Waals surface area contributed by atoms with Crippen LogP contribution in [0.3, 0.4) is 0 Å². The second-order valence-electron chi connectivity index (χ2n) is 5.79. The van der Waals surface area contributed by atoms with E-state index in [0.29, 0.717) is 13.0 Å². The predicted octanol–water partition coefficient (Wildman–Crippen LogP) is 2.92. The Balaban J connectivity index is 2.11. The number of nitrogens with zero attached hydrogens (tertiary/aromatic N) is 2. The average Bonchev–Trinajstić information content (AvgIpc) is 2.88. The molecule has 2 heterocycles. The van der Waals surface area contributed by atoms with Gasteiger partial charge in [0.2, 0.25) is 5.91 Å². The molecule has 0 spiro atoms. The fourth-order valence-electron chi connectivity index (χ4n) is 2.92. The molecule has 0 bridgehead atoms. The molecule has 1 atom stereocenters. The summed E-state index contributed by atoms with van der Waals surface area (Å²) in [4.78, 5) is 20.1. The maximum atomic E-state index is 12.1. The van der Waals surface area contributed by atoms with Gasteiger partial charge in [0.1, 0.15) is 0 Å². The molecule has 116 valence electrons. The summed E-state index contributed by atoms with van der Waals surface area (Å²) >= 11 is 1.70. The minimum absolute atomic E-state index is 0.104. The lowest BCUT2D eigenvalue weighted by atomic mass is 9.89. The van der Waals surface area contributed by atoms with Gasteiger partial charge in [0.15, 0.2) is 5.13 Å². The molecule has 3 rings (SSSR count). The molecule has 1 N–H and O–H groups in total. The molecule has 1 aliphatic heterocycles.